The Labute approximate surface area is 114 Å². The van der Waals surface area contributed by atoms with E-state index in [1.807, 2.05) is 18.2 Å². The first-order valence-electron chi connectivity index (χ1n) is 6.96. The van der Waals surface area contributed by atoms with Gasteiger partial charge < -0.3 is 0 Å². The summed E-state index contributed by atoms with van der Waals surface area (Å²) in [4.78, 5) is 0. The highest BCUT2D eigenvalue weighted by Gasteiger charge is 2.10. The van der Waals surface area contributed by atoms with Crippen LogP contribution in [-0.2, 0) is 6.42 Å². The van der Waals surface area contributed by atoms with Crippen LogP contribution in [0.2, 0.25) is 0 Å². The van der Waals surface area contributed by atoms with Crippen LogP contribution in [-0.4, -0.2) is 10.2 Å². The van der Waals surface area contributed by atoms with E-state index in [2.05, 4.69) is 46.6 Å². The minimum atomic E-state index is 0.644. The number of allylic oxidation sites excluding steroid dienone is 2. The van der Waals surface area contributed by atoms with Gasteiger partial charge in [-0.3, -0.25) is 0 Å². The lowest BCUT2D eigenvalue weighted by molar-refractivity contribution is 0.531. The molecule has 2 aromatic rings. The second-order valence-corrected chi connectivity index (χ2v) is 5.10. The first kappa shape index (κ1) is 12.1. The molecule has 1 aliphatic rings. The van der Waals surface area contributed by atoms with E-state index in [1.165, 1.54) is 19.3 Å². The van der Waals surface area contributed by atoms with Crippen molar-refractivity contribution in [3.8, 4) is 11.3 Å². The molecule has 0 bridgehead atoms. The average molecular weight is 250 g/mol. The van der Waals surface area contributed by atoms with Gasteiger partial charge in [0.15, 0.2) is 0 Å². The largest absolute Gasteiger partial charge is 0.155 e. The molecule has 1 atom stereocenters. The van der Waals surface area contributed by atoms with Crippen LogP contribution in [0.5, 0.6) is 0 Å². The predicted octanol–water partition coefficient (Wildman–Crippen LogP) is 4.04. The summed E-state index contributed by atoms with van der Waals surface area (Å²) >= 11 is 0. The third-order valence-electron chi connectivity index (χ3n) is 3.61. The van der Waals surface area contributed by atoms with Crippen LogP contribution in [0.15, 0.2) is 54.6 Å². The molecule has 0 saturated heterocycles. The topological polar surface area (TPSA) is 25.8 Å². The Morgan fingerprint density at radius 3 is 2.58 bits per heavy atom. The predicted molar refractivity (Wildman–Crippen MR) is 77.7 cm³/mol. The van der Waals surface area contributed by atoms with E-state index in [1.54, 1.807) is 0 Å². The van der Waals surface area contributed by atoms with Crippen molar-refractivity contribution in [2.75, 3.05) is 0 Å². The van der Waals surface area contributed by atoms with E-state index in [9.17, 15) is 0 Å². The maximum Gasteiger partial charge on any atom is 0.0929 e. The molecule has 0 saturated carbocycles. The zero-order chi connectivity index (χ0) is 12.9. The third-order valence-corrected chi connectivity index (χ3v) is 3.61. The normalized spacial score (nSPS) is 18.4. The van der Waals surface area contributed by atoms with Crippen molar-refractivity contribution in [3.63, 3.8) is 0 Å². The summed E-state index contributed by atoms with van der Waals surface area (Å²) in [5.74, 6) is 0.644. The summed E-state index contributed by atoms with van der Waals surface area (Å²) in [6, 6.07) is 14.4. The molecule has 2 heteroatoms. The lowest BCUT2D eigenvalue weighted by atomic mass is 9.92. The van der Waals surface area contributed by atoms with Crippen molar-refractivity contribution < 1.29 is 0 Å². The highest BCUT2D eigenvalue weighted by Crippen LogP contribution is 2.21. The Bertz CT molecular complexity index is 543. The van der Waals surface area contributed by atoms with Gasteiger partial charge in [0.05, 0.1) is 11.4 Å². The molecule has 3 rings (SSSR count). The SMILES string of the molecule is C1=C[C@H](Cc2ccc(-c3ccccc3)nn2)CCC1. The summed E-state index contributed by atoms with van der Waals surface area (Å²) in [7, 11) is 0. The fourth-order valence-corrected chi connectivity index (χ4v) is 2.55. The smallest absolute Gasteiger partial charge is 0.0929 e. The Morgan fingerprint density at radius 1 is 1.00 bits per heavy atom. The Morgan fingerprint density at radius 2 is 1.89 bits per heavy atom. The lowest BCUT2D eigenvalue weighted by Crippen LogP contribution is -2.06. The summed E-state index contributed by atoms with van der Waals surface area (Å²) in [5, 5.41) is 8.71. The number of hydrogen-bond acceptors (Lipinski definition) is 2. The van der Waals surface area contributed by atoms with Crippen molar-refractivity contribution >= 4 is 0 Å². The molecule has 0 radical (unpaired) electrons. The zero-order valence-corrected chi connectivity index (χ0v) is 11.0. The third kappa shape index (κ3) is 3.08. The van der Waals surface area contributed by atoms with Crippen molar-refractivity contribution in [2.24, 2.45) is 5.92 Å². The molecule has 1 aliphatic carbocycles. The van der Waals surface area contributed by atoms with Crippen molar-refractivity contribution in [1.29, 1.82) is 0 Å². The number of nitrogens with zero attached hydrogens (tertiary/aromatic N) is 2. The summed E-state index contributed by atoms with van der Waals surface area (Å²) in [6.45, 7) is 0. The molecular weight excluding hydrogens is 232 g/mol. The maximum absolute atomic E-state index is 4.37. The molecule has 19 heavy (non-hydrogen) atoms. The minimum Gasteiger partial charge on any atom is -0.155 e. The summed E-state index contributed by atoms with van der Waals surface area (Å²) in [5.41, 5.74) is 3.17. The van der Waals surface area contributed by atoms with Crippen molar-refractivity contribution in [2.45, 2.75) is 25.7 Å². The van der Waals surface area contributed by atoms with Crippen LogP contribution < -0.4 is 0 Å². The van der Waals surface area contributed by atoms with Crippen molar-refractivity contribution in [3.05, 3.63) is 60.3 Å². The lowest BCUT2D eigenvalue weighted by Gasteiger charge is -2.15. The molecule has 0 spiro atoms. The Balaban J connectivity index is 1.72. The molecule has 1 aromatic heterocycles. The van der Waals surface area contributed by atoms with Gasteiger partial charge in [0, 0.05) is 5.56 Å². The monoisotopic (exact) mass is 250 g/mol. The van der Waals surface area contributed by atoms with Gasteiger partial charge in [-0.05, 0) is 43.7 Å². The summed E-state index contributed by atoms with van der Waals surface area (Å²) < 4.78 is 0. The van der Waals surface area contributed by atoms with E-state index in [4.69, 9.17) is 0 Å². The molecule has 1 aromatic carbocycles. The van der Waals surface area contributed by atoms with Crippen LogP contribution in [0.3, 0.4) is 0 Å². The number of rotatable bonds is 3. The van der Waals surface area contributed by atoms with Crippen LogP contribution in [0, 0.1) is 5.92 Å². The zero-order valence-electron chi connectivity index (χ0n) is 11.0. The van der Waals surface area contributed by atoms with E-state index in [0.717, 1.165) is 23.4 Å². The van der Waals surface area contributed by atoms with Gasteiger partial charge in [-0.15, -0.1) is 0 Å². The Hall–Kier alpha value is -1.96. The van der Waals surface area contributed by atoms with Gasteiger partial charge in [0.2, 0.25) is 0 Å². The highest BCUT2D eigenvalue weighted by atomic mass is 15.1. The molecule has 0 fully saturated rings. The average Bonchev–Trinajstić information content (AvgIpc) is 2.50. The van der Waals surface area contributed by atoms with Gasteiger partial charge in [-0.25, -0.2) is 0 Å². The van der Waals surface area contributed by atoms with Gasteiger partial charge >= 0.3 is 0 Å². The van der Waals surface area contributed by atoms with Gasteiger partial charge in [0.1, 0.15) is 0 Å². The molecule has 0 amide bonds. The first-order chi connectivity index (χ1) is 9.42. The van der Waals surface area contributed by atoms with E-state index in [-0.39, 0.29) is 0 Å². The fraction of sp³-hybridized carbons (Fsp3) is 0.294. The van der Waals surface area contributed by atoms with Crippen LogP contribution in [0.1, 0.15) is 25.0 Å². The van der Waals surface area contributed by atoms with E-state index in [0.29, 0.717) is 5.92 Å². The van der Waals surface area contributed by atoms with Gasteiger partial charge in [0.25, 0.3) is 0 Å². The quantitative estimate of drug-likeness (QED) is 0.768. The number of aromatic nitrogens is 2. The number of benzene rings is 1. The van der Waals surface area contributed by atoms with E-state index >= 15 is 0 Å². The highest BCUT2D eigenvalue weighted by molar-refractivity contribution is 5.57. The molecule has 96 valence electrons. The van der Waals surface area contributed by atoms with Gasteiger partial charge in [-0.1, -0.05) is 42.5 Å². The molecule has 0 N–H and O–H groups in total. The fourth-order valence-electron chi connectivity index (χ4n) is 2.55. The minimum absolute atomic E-state index is 0.644. The summed E-state index contributed by atoms with van der Waals surface area (Å²) in [6.07, 6.45) is 9.44. The van der Waals surface area contributed by atoms with Crippen LogP contribution in [0.25, 0.3) is 11.3 Å². The van der Waals surface area contributed by atoms with Crippen molar-refractivity contribution in [1.82, 2.24) is 10.2 Å². The van der Waals surface area contributed by atoms with E-state index < -0.39 is 0 Å². The van der Waals surface area contributed by atoms with Gasteiger partial charge in [-0.2, -0.15) is 10.2 Å². The molecule has 0 aliphatic heterocycles. The second kappa shape index (κ2) is 5.79. The van der Waals surface area contributed by atoms with Crippen LogP contribution >= 0.6 is 0 Å². The standard InChI is InChI=1S/C17H18N2/c1-3-7-14(8-4-1)13-16-11-12-17(19-18-16)15-9-5-2-6-10-15/h2-3,5-7,9-12,14H,1,4,8,13H2/t14-/m0/s1. The molecule has 0 unspecified atom stereocenters. The Kier molecular flexibility index (Phi) is 3.68. The maximum atomic E-state index is 4.37. The molecule has 1 heterocycles. The molecule has 2 nitrogen and oxygen atoms in total. The first-order valence-corrected chi connectivity index (χ1v) is 6.96. The number of hydrogen-bond donors (Lipinski definition) is 0. The molecular formula is C17H18N2. The second-order valence-electron chi connectivity index (χ2n) is 5.10. The van der Waals surface area contributed by atoms with Crippen LogP contribution in [0.4, 0.5) is 0 Å².